The maximum atomic E-state index is 12.5. The fourth-order valence-electron chi connectivity index (χ4n) is 3.27. The van der Waals surface area contributed by atoms with Gasteiger partial charge in [0.05, 0.1) is 23.9 Å². The monoisotopic (exact) mass is 499 g/mol. The number of nitro groups is 1. The van der Waals surface area contributed by atoms with E-state index in [0.29, 0.717) is 18.5 Å². The van der Waals surface area contributed by atoms with Gasteiger partial charge in [0.2, 0.25) is 11.8 Å². The lowest BCUT2D eigenvalue weighted by Gasteiger charge is -2.23. The number of aromatic nitrogens is 1. The van der Waals surface area contributed by atoms with Crippen LogP contribution in [0.3, 0.4) is 0 Å². The molecule has 0 fully saturated rings. The van der Waals surface area contributed by atoms with Crippen LogP contribution in [0.1, 0.15) is 57.2 Å². The smallest absolute Gasteiger partial charge is 0.308 e. The average molecular weight is 500 g/mol. The zero-order valence-electron chi connectivity index (χ0n) is 21.0. The van der Waals surface area contributed by atoms with Crippen LogP contribution >= 0.6 is 0 Å². The van der Waals surface area contributed by atoms with E-state index in [1.54, 1.807) is 33.0 Å². The maximum absolute atomic E-state index is 12.5. The number of non-ortho nitro benzene ring substituents is 1. The molecular formula is C25H33N5O6. The van der Waals surface area contributed by atoms with Crippen molar-refractivity contribution < 1.29 is 24.0 Å². The Balaban J connectivity index is 1.89. The molecule has 0 spiro atoms. The zero-order chi connectivity index (χ0) is 26.7. The summed E-state index contributed by atoms with van der Waals surface area (Å²) in [5.41, 5.74) is 0.558. The Bertz CT molecular complexity index is 1080. The lowest BCUT2D eigenvalue weighted by Crippen LogP contribution is -2.39. The second-order valence-corrected chi connectivity index (χ2v) is 9.29. The number of carbonyl (C=O) groups is 3. The number of esters is 1. The molecule has 3 N–H and O–H groups in total. The Kier molecular flexibility index (Phi) is 10.3. The molecule has 0 aliphatic heterocycles. The van der Waals surface area contributed by atoms with Gasteiger partial charge in [0, 0.05) is 31.3 Å². The Hall–Kier alpha value is -4.02. The van der Waals surface area contributed by atoms with Crippen LogP contribution in [0.4, 0.5) is 11.5 Å². The number of nitrogens with one attached hydrogen (secondary N) is 3. The molecule has 0 radical (unpaired) electrons. The summed E-state index contributed by atoms with van der Waals surface area (Å²) in [4.78, 5) is 51.9. The highest BCUT2D eigenvalue weighted by molar-refractivity contribution is 5.85. The first-order chi connectivity index (χ1) is 16.9. The number of anilines is 1. The van der Waals surface area contributed by atoms with E-state index in [2.05, 4.69) is 20.9 Å². The summed E-state index contributed by atoms with van der Waals surface area (Å²) in [6.45, 7) is 7.35. The summed E-state index contributed by atoms with van der Waals surface area (Å²) in [5, 5.41) is 19.5. The molecule has 1 aromatic heterocycles. The predicted molar refractivity (Wildman–Crippen MR) is 134 cm³/mol. The second kappa shape index (κ2) is 13.2. The minimum atomic E-state index is -0.866. The molecule has 194 valence electrons. The molecule has 2 aromatic rings. The standard InChI is InChI=1S/C25H33N5O6/c1-17-10-12-27-21(13-17)26-11-6-9-22(31)28-16-23(32)29-20(15-24(33)36-25(2,3)4)18-7-5-8-19(14-18)30(34)35/h5,7-8,10,12-14,20H,6,9,11,15-16H2,1-4H3,(H,26,27)(H,28,31)(H,29,32). The third kappa shape index (κ3) is 10.5. The van der Waals surface area contributed by atoms with Crippen molar-refractivity contribution in [2.24, 2.45) is 0 Å². The largest absolute Gasteiger partial charge is 0.460 e. The summed E-state index contributed by atoms with van der Waals surface area (Å²) in [6.07, 6.45) is 2.22. The number of pyridine rings is 1. The van der Waals surface area contributed by atoms with Gasteiger partial charge in [-0.3, -0.25) is 24.5 Å². The van der Waals surface area contributed by atoms with Gasteiger partial charge >= 0.3 is 5.97 Å². The van der Waals surface area contributed by atoms with Gasteiger partial charge in [-0.25, -0.2) is 4.98 Å². The van der Waals surface area contributed by atoms with Gasteiger partial charge in [0.1, 0.15) is 11.4 Å². The third-order valence-electron chi connectivity index (χ3n) is 4.86. The minimum Gasteiger partial charge on any atom is -0.460 e. The highest BCUT2D eigenvalue weighted by atomic mass is 16.6. The van der Waals surface area contributed by atoms with Crippen molar-refractivity contribution in [1.82, 2.24) is 15.6 Å². The summed E-state index contributed by atoms with van der Waals surface area (Å²) >= 11 is 0. The van der Waals surface area contributed by atoms with Crippen molar-refractivity contribution in [3.63, 3.8) is 0 Å². The molecule has 0 saturated heterocycles. The molecule has 0 saturated carbocycles. The summed E-state index contributed by atoms with van der Waals surface area (Å²) in [6, 6.07) is 8.60. The first-order valence-corrected chi connectivity index (χ1v) is 11.6. The van der Waals surface area contributed by atoms with Crippen molar-refractivity contribution in [1.29, 1.82) is 0 Å². The number of nitrogens with zero attached hydrogens (tertiary/aromatic N) is 2. The highest BCUT2D eigenvalue weighted by Crippen LogP contribution is 2.23. The van der Waals surface area contributed by atoms with E-state index in [1.807, 2.05) is 19.1 Å². The van der Waals surface area contributed by atoms with Crippen LogP contribution in [0.15, 0.2) is 42.6 Å². The third-order valence-corrected chi connectivity index (χ3v) is 4.86. The Morgan fingerprint density at radius 2 is 1.89 bits per heavy atom. The van der Waals surface area contributed by atoms with Crippen LogP contribution in [0.5, 0.6) is 0 Å². The van der Waals surface area contributed by atoms with Crippen LogP contribution in [-0.4, -0.2) is 46.4 Å². The topological polar surface area (TPSA) is 153 Å². The molecule has 2 amide bonds. The molecule has 11 nitrogen and oxygen atoms in total. The van der Waals surface area contributed by atoms with Crippen LogP contribution in [0, 0.1) is 17.0 Å². The number of hydrogen-bond acceptors (Lipinski definition) is 8. The maximum Gasteiger partial charge on any atom is 0.308 e. The van der Waals surface area contributed by atoms with Gasteiger partial charge in [-0.05, 0) is 57.4 Å². The molecule has 1 heterocycles. The van der Waals surface area contributed by atoms with E-state index < -0.39 is 28.4 Å². The van der Waals surface area contributed by atoms with Crippen molar-refractivity contribution in [2.75, 3.05) is 18.4 Å². The Morgan fingerprint density at radius 1 is 1.14 bits per heavy atom. The molecule has 0 aliphatic carbocycles. The second-order valence-electron chi connectivity index (χ2n) is 9.29. The van der Waals surface area contributed by atoms with E-state index in [9.17, 15) is 24.5 Å². The van der Waals surface area contributed by atoms with E-state index >= 15 is 0 Å². The van der Waals surface area contributed by atoms with Crippen LogP contribution in [-0.2, 0) is 19.1 Å². The van der Waals surface area contributed by atoms with Crippen LogP contribution in [0.2, 0.25) is 0 Å². The summed E-state index contributed by atoms with van der Waals surface area (Å²) < 4.78 is 5.34. The normalized spacial score (nSPS) is 11.8. The van der Waals surface area contributed by atoms with Gasteiger partial charge in [-0.15, -0.1) is 0 Å². The number of benzene rings is 1. The molecule has 1 unspecified atom stereocenters. The molecular weight excluding hydrogens is 466 g/mol. The number of nitro benzene ring substituents is 1. The van der Waals surface area contributed by atoms with Crippen LogP contribution in [0.25, 0.3) is 0 Å². The molecule has 1 atom stereocenters. The fraction of sp³-hybridized carbons (Fsp3) is 0.440. The van der Waals surface area contributed by atoms with E-state index in [1.165, 1.54) is 18.2 Å². The van der Waals surface area contributed by atoms with Gasteiger partial charge < -0.3 is 20.7 Å². The predicted octanol–water partition coefficient (Wildman–Crippen LogP) is 3.20. The molecule has 36 heavy (non-hydrogen) atoms. The number of aryl methyl sites for hydroxylation is 1. The summed E-state index contributed by atoms with van der Waals surface area (Å²) in [7, 11) is 0. The number of hydrogen-bond donors (Lipinski definition) is 3. The summed E-state index contributed by atoms with van der Waals surface area (Å²) in [5.74, 6) is -0.681. The first kappa shape index (κ1) is 28.2. The van der Waals surface area contributed by atoms with E-state index in [4.69, 9.17) is 4.74 Å². The van der Waals surface area contributed by atoms with Gasteiger partial charge in [-0.1, -0.05) is 12.1 Å². The molecule has 11 heteroatoms. The quantitative estimate of drug-likeness (QED) is 0.174. The molecule has 2 rings (SSSR count). The lowest BCUT2D eigenvalue weighted by molar-refractivity contribution is -0.384. The Morgan fingerprint density at radius 3 is 2.56 bits per heavy atom. The average Bonchev–Trinajstić information content (AvgIpc) is 2.79. The van der Waals surface area contributed by atoms with Gasteiger partial charge in [0.15, 0.2) is 0 Å². The van der Waals surface area contributed by atoms with E-state index in [-0.39, 0.29) is 31.0 Å². The number of amides is 2. The van der Waals surface area contributed by atoms with Gasteiger partial charge in [-0.2, -0.15) is 0 Å². The Labute approximate surface area is 210 Å². The first-order valence-electron chi connectivity index (χ1n) is 11.6. The molecule has 0 bridgehead atoms. The van der Waals surface area contributed by atoms with E-state index in [0.717, 1.165) is 11.4 Å². The lowest BCUT2D eigenvalue weighted by atomic mass is 10.0. The van der Waals surface area contributed by atoms with Crippen molar-refractivity contribution in [3.05, 3.63) is 63.8 Å². The molecule has 1 aromatic carbocycles. The fourth-order valence-corrected chi connectivity index (χ4v) is 3.27. The number of rotatable bonds is 12. The number of carbonyl (C=O) groups excluding carboxylic acids is 3. The highest BCUT2D eigenvalue weighted by Gasteiger charge is 2.24. The minimum absolute atomic E-state index is 0.168. The van der Waals surface area contributed by atoms with Crippen LogP contribution < -0.4 is 16.0 Å². The van der Waals surface area contributed by atoms with Gasteiger partial charge in [0.25, 0.3) is 5.69 Å². The zero-order valence-corrected chi connectivity index (χ0v) is 21.0. The molecule has 0 aliphatic rings. The number of ether oxygens (including phenoxy) is 1. The van der Waals surface area contributed by atoms with Crippen molar-refractivity contribution in [3.8, 4) is 0 Å². The van der Waals surface area contributed by atoms with Crippen molar-refractivity contribution in [2.45, 2.75) is 58.6 Å². The SMILES string of the molecule is Cc1ccnc(NCCCC(=O)NCC(=O)NC(CC(=O)OC(C)(C)C)c2cccc([N+](=O)[O-])c2)c1. The van der Waals surface area contributed by atoms with Crippen molar-refractivity contribution >= 4 is 29.3 Å².